The third kappa shape index (κ3) is 3.01. The molecule has 0 N–H and O–H groups in total. The molecule has 0 aromatic heterocycles. The molecule has 0 radical (unpaired) electrons. The number of hydrogen-bond acceptors (Lipinski definition) is 3. The molecule has 0 saturated carbocycles. The summed E-state index contributed by atoms with van der Waals surface area (Å²) in [4.78, 5) is 5.38. The van der Waals surface area contributed by atoms with Gasteiger partial charge in [0, 0.05) is 38.8 Å². The minimum Gasteiger partial charge on any atom is -0.380 e. The van der Waals surface area contributed by atoms with E-state index in [1.807, 2.05) is 7.11 Å². The maximum Gasteiger partial charge on any atom is 0.0670 e. The molecule has 3 unspecified atom stereocenters. The van der Waals surface area contributed by atoms with Gasteiger partial charge in [-0.3, -0.25) is 9.80 Å². The largest absolute Gasteiger partial charge is 0.380 e. The highest BCUT2D eigenvalue weighted by Crippen LogP contribution is 2.27. The molecule has 2 fully saturated rings. The van der Waals surface area contributed by atoms with Crippen molar-refractivity contribution in [2.24, 2.45) is 5.92 Å². The molecular formula is C14H28N2O. The van der Waals surface area contributed by atoms with Gasteiger partial charge in [-0.2, -0.15) is 0 Å². The normalized spacial score (nSPS) is 33.0. The number of ether oxygens (including phenoxy) is 1. The molecule has 0 aromatic carbocycles. The SMILES string of the molecule is COC(C)CN1CC2CCCN2CC1C(C)C. The highest BCUT2D eigenvalue weighted by atomic mass is 16.5. The first-order valence-electron chi connectivity index (χ1n) is 7.12. The van der Waals surface area contributed by atoms with E-state index in [0.717, 1.165) is 18.5 Å². The summed E-state index contributed by atoms with van der Waals surface area (Å²) in [6, 6.07) is 1.52. The first-order valence-corrected chi connectivity index (χ1v) is 7.12. The number of hydrogen-bond donors (Lipinski definition) is 0. The number of methoxy groups -OCH3 is 1. The monoisotopic (exact) mass is 240 g/mol. The second-order valence-corrected chi connectivity index (χ2v) is 6.10. The van der Waals surface area contributed by atoms with Crippen LogP contribution in [0.5, 0.6) is 0 Å². The molecule has 100 valence electrons. The lowest BCUT2D eigenvalue weighted by molar-refractivity contribution is -0.00717. The van der Waals surface area contributed by atoms with Crippen LogP contribution in [0.15, 0.2) is 0 Å². The van der Waals surface area contributed by atoms with Crippen molar-refractivity contribution in [2.45, 2.75) is 51.8 Å². The molecule has 2 aliphatic rings. The van der Waals surface area contributed by atoms with Crippen molar-refractivity contribution in [3.63, 3.8) is 0 Å². The van der Waals surface area contributed by atoms with Crippen LogP contribution in [0.4, 0.5) is 0 Å². The lowest BCUT2D eigenvalue weighted by Gasteiger charge is -2.46. The molecule has 3 heteroatoms. The van der Waals surface area contributed by atoms with Crippen LogP contribution >= 0.6 is 0 Å². The third-order valence-electron chi connectivity index (χ3n) is 4.50. The fourth-order valence-corrected chi connectivity index (χ4v) is 3.35. The fraction of sp³-hybridized carbons (Fsp3) is 1.00. The Morgan fingerprint density at radius 1 is 1.24 bits per heavy atom. The number of nitrogens with zero attached hydrogens (tertiary/aromatic N) is 2. The van der Waals surface area contributed by atoms with Crippen LogP contribution in [0.3, 0.4) is 0 Å². The second-order valence-electron chi connectivity index (χ2n) is 6.10. The predicted molar refractivity (Wildman–Crippen MR) is 71.3 cm³/mol. The van der Waals surface area contributed by atoms with Crippen molar-refractivity contribution >= 4 is 0 Å². The van der Waals surface area contributed by atoms with Crippen molar-refractivity contribution in [3.8, 4) is 0 Å². The van der Waals surface area contributed by atoms with E-state index in [-0.39, 0.29) is 0 Å². The van der Waals surface area contributed by atoms with Crippen molar-refractivity contribution in [1.29, 1.82) is 0 Å². The smallest absolute Gasteiger partial charge is 0.0670 e. The predicted octanol–water partition coefficient (Wildman–Crippen LogP) is 1.83. The van der Waals surface area contributed by atoms with E-state index in [0.29, 0.717) is 12.1 Å². The Bertz CT molecular complexity index is 244. The van der Waals surface area contributed by atoms with Crippen LogP contribution in [0, 0.1) is 5.92 Å². The van der Waals surface area contributed by atoms with Gasteiger partial charge in [-0.1, -0.05) is 13.8 Å². The maximum atomic E-state index is 5.44. The topological polar surface area (TPSA) is 15.7 Å². The zero-order chi connectivity index (χ0) is 12.4. The highest BCUT2D eigenvalue weighted by molar-refractivity contribution is 4.93. The van der Waals surface area contributed by atoms with Crippen LogP contribution in [0.1, 0.15) is 33.6 Å². The Balaban J connectivity index is 2.00. The first-order chi connectivity index (χ1) is 8.11. The van der Waals surface area contributed by atoms with Crippen LogP contribution in [0.2, 0.25) is 0 Å². The van der Waals surface area contributed by atoms with E-state index in [1.165, 1.54) is 32.5 Å². The Morgan fingerprint density at radius 2 is 2.00 bits per heavy atom. The van der Waals surface area contributed by atoms with Gasteiger partial charge in [-0.05, 0) is 32.2 Å². The molecule has 0 amide bonds. The van der Waals surface area contributed by atoms with Gasteiger partial charge in [0.1, 0.15) is 0 Å². The van der Waals surface area contributed by atoms with Gasteiger partial charge in [-0.25, -0.2) is 0 Å². The van der Waals surface area contributed by atoms with Gasteiger partial charge in [-0.15, -0.1) is 0 Å². The summed E-state index contributed by atoms with van der Waals surface area (Å²) in [6.07, 6.45) is 3.13. The van der Waals surface area contributed by atoms with Crippen molar-refractivity contribution in [3.05, 3.63) is 0 Å². The molecule has 3 nitrogen and oxygen atoms in total. The van der Waals surface area contributed by atoms with E-state index in [9.17, 15) is 0 Å². The Labute approximate surface area is 106 Å². The van der Waals surface area contributed by atoms with Crippen LogP contribution < -0.4 is 0 Å². The molecule has 2 saturated heterocycles. The maximum absolute atomic E-state index is 5.44. The van der Waals surface area contributed by atoms with Crippen molar-refractivity contribution in [1.82, 2.24) is 9.80 Å². The summed E-state index contributed by atoms with van der Waals surface area (Å²) in [5.74, 6) is 0.737. The summed E-state index contributed by atoms with van der Waals surface area (Å²) in [5.41, 5.74) is 0. The molecule has 0 aromatic rings. The zero-order valence-electron chi connectivity index (χ0n) is 11.9. The van der Waals surface area contributed by atoms with E-state index in [1.54, 1.807) is 0 Å². The second kappa shape index (κ2) is 5.68. The minimum absolute atomic E-state index is 0.351. The summed E-state index contributed by atoms with van der Waals surface area (Å²) in [5, 5.41) is 0. The van der Waals surface area contributed by atoms with Gasteiger partial charge in [0.05, 0.1) is 6.10 Å². The molecule has 0 spiro atoms. The lowest BCUT2D eigenvalue weighted by Crippen LogP contribution is -2.59. The van der Waals surface area contributed by atoms with Crippen molar-refractivity contribution in [2.75, 3.05) is 33.3 Å². The fourth-order valence-electron chi connectivity index (χ4n) is 3.35. The number of fused-ring (bicyclic) bond motifs is 1. The quantitative estimate of drug-likeness (QED) is 0.745. The molecule has 2 rings (SSSR count). The highest BCUT2D eigenvalue weighted by Gasteiger charge is 2.37. The third-order valence-corrected chi connectivity index (χ3v) is 4.50. The number of rotatable bonds is 4. The molecular weight excluding hydrogens is 212 g/mol. The van der Waals surface area contributed by atoms with Crippen molar-refractivity contribution < 1.29 is 4.74 Å². The van der Waals surface area contributed by atoms with Crippen LogP contribution in [-0.2, 0) is 4.74 Å². The van der Waals surface area contributed by atoms with Gasteiger partial charge in [0.15, 0.2) is 0 Å². The summed E-state index contributed by atoms with van der Waals surface area (Å²) in [7, 11) is 1.82. The Morgan fingerprint density at radius 3 is 2.65 bits per heavy atom. The van der Waals surface area contributed by atoms with E-state index >= 15 is 0 Å². The van der Waals surface area contributed by atoms with E-state index in [4.69, 9.17) is 4.74 Å². The number of piperazine rings is 1. The lowest BCUT2D eigenvalue weighted by atomic mass is 9.97. The van der Waals surface area contributed by atoms with Crippen LogP contribution in [0.25, 0.3) is 0 Å². The van der Waals surface area contributed by atoms with Gasteiger partial charge in [0.2, 0.25) is 0 Å². The van der Waals surface area contributed by atoms with Gasteiger partial charge in [0.25, 0.3) is 0 Å². The Kier molecular flexibility index (Phi) is 4.45. The first kappa shape index (κ1) is 13.3. The standard InChI is InChI=1S/C14H28N2O/c1-11(2)14-10-15-7-5-6-13(15)9-16(14)8-12(3)17-4/h11-14H,5-10H2,1-4H3. The molecule has 3 atom stereocenters. The summed E-state index contributed by atoms with van der Waals surface area (Å²) >= 11 is 0. The summed E-state index contributed by atoms with van der Waals surface area (Å²) < 4.78 is 5.44. The van der Waals surface area contributed by atoms with E-state index in [2.05, 4.69) is 30.6 Å². The Hall–Kier alpha value is -0.120. The average Bonchev–Trinajstić information content (AvgIpc) is 2.74. The molecule has 17 heavy (non-hydrogen) atoms. The average molecular weight is 240 g/mol. The minimum atomic E-state index is 0.351. The molecule has 2 aliphatic heterocycles. The van der Waals surface area contributed by atoms with Gasteiger partial charge >= 0.3 is 0 Å². The molecule has 2 heterocycles. The van der Waals surface area contributed by atoms with E-state index < -0.39 is 0 Å². The van der Waals surface area contributed by atoms with Crippen LogP contribution in [-0.4, -0.2) is 61.3 Å². The van der Waals surface area contributed by atoms with Gasteiger partial charge < -0.3 is 4.74 Å². The summed E-state index contributed by atoms with van der Waals surface area (Å²) in [6.45, 7) is 11.8. The molecule has 0 bridgehead atoms. The zero-order valence-corrected chi connectivity index (χ0v) is 11.9. The molecule has 0 aliphatic carbocycles.